The molecule has 0 saturated heterocycles. The van der Waals surface area contributed by atoms with Crippen LogP contribution in [0.4, 0.5) is 13.2 Å². The summed E-state index contributed by atoms with van der Waals surface area (Å²) in [5, 5.41) is 3.20. The summed E-state index contributed by atoms with van der Waals surface area (Å²) >= 11 is 0. The van der Waals surface area contributed by atoms with E-state index in [0.717, 1.165) is 18.9 Å². The molecule has 0 aliphatic heterocycles. The van der Waals surface area contributed by atoms with Crippen molar-refractivity contribution in [1.29, 1.82) is 0 Å². The van der Waals surface area contributed by atoms with Crippen molar-refractivity contribution in [3.05, 3.63) is 29.8 Å². The van der Waals surface area contributed by atoms with Gasteiger partial charge in [-0.05, 0) is 31.4 Å². The minimum absolute atomic E-state index is 0.117. The topological polar surface area (TPSA) is 21.3 Å². The van der Waals surface area contributed by atoms with E-state index in [0.29, 0.717) is 12.1 Å². The molecule has 1 N–H and O–H groups in total. The van der Waals surface area contributed by atoms with Crippen molar-refractivity contribution in [3.8, 4) is 5.75 Å². The molecule has 5 heteroatoms. The Kier molecular flexibility index (Phi) is 5.91. The number of hydrogen-bond acceptors (Lipinski definition) is 2. The van der Waals surface area contributed by atoms with Crippen LogP contribution in [0.15, 0.2) is 24.3 Å². The van der Waals surface area contributed by atoms with Crippen LogP contribution in [-0.2, 0) is 6.54 Å². The fourth-order valence-electron chi connectivity index (χ4n) is 2.91. The zero-order valence-corrected chi connectivity index (χ0v) is 12.1. The normalized spacial score (nSPS) is 16.3. The highest BCUT2D eigenvalue weighted by molar-refractivity contribution is 5.33. The van der Waals surface area contributed by atoms with Crippen molar-refractivity contribution in [2.75, 3.05) is 6.54 Å². The number of ether oxygens (including phenoxy) is 1. The molecule has 0 atom stereocenters. The average Bonchev–Trinajstić information content (AvgIpc) is 2.91. The molecule has 0 aromatic heterocycles. The van der Waals surface area contributed by atoms with Gasteiger partial charge in [0.25, 0.3) is 0 Å². The molecule has 0 amide bonds. The highest BCUT2D eigenvalue weighted by Gasteiger charge is 2.31. The van der Waals surface area contributed by atoms with Gasteiger partial charge < -0.3 is 10.1 Å². The minimum atomic E-state index is -4.64. The van der Waals surface area contributed by atoms with E-state index in [1.807, 2.05) is 0 Å². The summed E-state index contributed by atoms with van der Waals surface area (Å²) in [6.07, 6.45) is 3.02. The molecule has 0 radical (unpaired) electrons. The Labute approximate surface area is 123 Å². The van der Waals surface area contributed by atoms with Gasteiger partial charge in [-0.1, -0.05) is 43.9 Å². The van der Waals surface area contributed by atoms with E-state index in [4.69, 9.17) is 0 Å². The van der Waals surface area contributed by atoms with Gasteiger partial charge in [0.15, 0.2) is 0 Å². The van der Waals surface area contributed by atoms with Crippen LogP contribution in [0.3, 0.4) is 0 Å². The maximum Gasteiger partial charge on any atom is 0.573 e. The second kappa shape index (κ2) is 7.69. The second-order valence-electron chi connectivity index (χ2n) is 5.63. The minimum Gasteiger partial charge on any atom is -0.405 e. The third-order valence-electron chi connectivity index (χ3n) is 3.95. The van der Waals surface area contributed by atoms with Gasteiger partial charge in [0, 0.05) is 12.1 Å². The van der Waals surface area contributed by atoms with Gasteiger partial charge in [0.05, 0.1) is 0 Å². The van der Waals surface area contributed by atoms with E-state index in [2.05, 4.69) is 10.1 Å². The van der Waals surface area contributed by atoms with Gasteiger partial charge in [0.2, 0.25) is 0 Å². The maximum atomic E-state index is 12.3. The van der Waals surface area contributed by atoms with Crippen molar-refractivity contribution in [2.24, 2.45) is 5.92 Å². The molecule has 21 heavy (non-hydrogen) atoms. The number of rotatable bonds is 7. The molecule has 1 aromatic carbocycles. The Morgan fingerprint density at radius 1 is 1.14 bits per heavy atom. The summed E-state index contributed by atoms with van der Waals surface area (Å²) in [5.41, 5.74) is 0.538. The maximum absolute atomic E-state index is 12.3. The SMILES string of the molecule is FC(F)(F)Oc1ccccc1CNCCCC1CCCC1. The van der Waals surface area contributed by atoms with Crippen LogP contribution in [-0.4, -0.2) is 12.9 Å². The molecule has 1 aliphatic carbocycles. The van der Waals surface area contributed by atoms with Gasteiger partial charge in [-0.2, -0.15) is 0 Å². The first-order valence-electron chi connectivity index (χ1n) is 7.59. The molecule has 0 unspecified atom stereocenters. The largest absolute Gasteiger partial charge is 0.573 e. The molecule has 118 valence electrons. The third kappa shape index (κ3) is 5.96. The zero-order chi connectivity index (χ0) is 15.1. The smallest absolute Gasteiger partial charge is 0.405 e. The average molecular weight is 301 g/mol. The highest BCUT2D eigenvalue weighted by atomic mass is 19.4. The predicted octanol–water partition coefficient (Wildman–Crippen LogP) is 4.65. The van der Waals surface area contributed by atoms with Gasteiger partial charge in [-0.15, -0.1) is 13.2 Å². The van der Waals surface area contributed by atoms with Gasteiger partial charge in [-0.3, -0.25) is 0 Å². The molecular formula is C16H22F3NO. The molecule has 0 heterocycles. The van der Waals surface area contributed by atoms with Crippen molar-refractivity contribution < 1.29 is 17.9 Å². The van der Waals surface area contributed by atoms with E-state index < -0.39 is 6.36 Å². The quantitative estimate of drug-likeness (QED) is 0.740. The Balaban J connectivity index is 1.72. The first-order valence-corrected chi connectivity index (χ1v) is 7.59. The van der Waals surface area contributed by atoms with E-state index in [1.54, 1.807) is 18.2 Å². The van der Waals surface area contributed by atoms with Crippen LogP contribution in [0.25, 0.3) is 0 Å². The van der Waals surface area contributed by atoms with Crippen LogP contribution in [0.1, 0.15) is 44.1 Å². The third-order valence-corrected chi connectivity index (χ3v) is 3.95. The van der Waals surface area contributed by atoms with E-state index >= 15 is 0 Å². The van der Waals surface area contributed by atoms with Crippen LogP contribution < -0.4 is 10.1 Å². The van der Waals surface area contributed by atoms with Crippen LogP contribution in [0, 0.1) is 5.92 Å². The summed E-state index contributed by atoms with van der Waals surface area (Å²) in [5.74, 6) is 0.737. The molecule has 1 saturated carbocycles. The molecule has 2 rings (SSSR count). The lowest BCUT2D eigenvalue weighted by molar-refractivity contribution is -0.274. The molecule has 1 fully saturated rings. The Morgan fingerprint density at radius 3 is 2.57 bits per heavy atom. The molecule has 0 bridgehead atoms. The summed E-state index contributed by atoms with van der Waals surface area (Å²) < 4.78 is 40.9. The summed E-state index contributed by atoms with van der Waals surface area (Å²) in [6.45, 7) is 1.23. The lowest BCUT2D eigenvalue weighted by Crippen LogP contribution is -2.20. The van der Waals surface area contributed by atoms with Gasteiger partial charge in [0.1, 0.15) is 5.75 Å². The number of para-hydroxylation sites is 1. The Hall–Kier alpha value is -1.23. The second-order valence-corrected chi connectivity index (χ2v) is 5.63. The summed E-state index contributed by atoms with van der Waals surface area (Å²) in [4.78, 5) is 0. The van der Waals surface area contributed by atoms with Gasteiger partial charge >= 0.3 is 6.36 Å². The fourth-order valence-corrected chi connectivity index (χ4v) is 2.91. The summed E-state index contributed by atoms with van der Waals surface area (Å²) in [7, 11) is 0. The number of halogens is 3. The molecular weight excluding hydrogens is 279 g/mol. The summed E-state index contributed by atoms with van der Waals surface area (Å²) in [6, 6.07) is 6.28. The molecule has 0 spiro atoms. The monoisotopic (exact) mass is 301 g/mol. The lowest BCUT2D eigenvalue weighted by atomic mass is 10.0. The van der Waals surface area contributed by atoms with Crippen LogP contribution in [0.2, 0.25) is 0 Å². The lowest BCUT2D eigenvalue weighted by Gasteiger charge is -2.14. The Bertz CT molecular complexity index is 428. The number of alkyl halides is 3. The van der Waals surface area contributed by atoms with Crippen LogP contribution >= 0.6 is 0 Å². The highest BCUT2D eigenvalue weighted by Crippen LogP contribution is 2.28. The van der Waals surface area contributed by atoms with Crippen LogP contribution in [0.5, 0.6) is 5.75 Å². The van der Waals surface area contributed by atoms with Crippen molar-refractivity contribution in [1.82, 2.24) is 5.32 Å². The Morgan fingerprint density at radius 2 is 1.86 bits per heavy atom. The molecule has 1 aliphatic rings. The number of nitrogens with one attached hydrogen (secondary N) is 1. The van der Waals surface area contributed by atoms with E-state index in [-0.39, 0.29) is 5.75 Å². The first-order chi connectivity index (χ1) is 10.0. The van der Waals surface area contributed by atoms with Crippen molar-refractivity contribution in [3.63, 3.8) is 0 Å². The van der Waals surface area contributed by atoms with Crippen molar-refractivity contribution in [2.45, 2.75) is 51.4 Å². The predicted molar refractivity (Wildman–Crippen MR) is 76.0 cm³/mol. The van der Waals surface area contributed by atoms with Gasteiger partial charge in [-0.25, -0.2) is 0 Å². The fraction of sp³-hybridized carbons (Fsp3) is 0.625. The molecule has 2 nitrogen and oxygen atoms in total. The number of benzene rings is 1. The standard InChI is InChI=1S/C16H22F3NO/c17-16(18,19)21-15-10-4-3-9-14(15)12-20-11-5-8-13-6-1-2-7-13/h3-4,9-10,13,20H,1-2,5-8,11-12H2. The zero-order valence-electron chi connectivity index (χ0n) is 12.1. The number of hydrogen-bond donors (Lipinski definition) is 1. The van der Waals surface area contributed by atoms with E-state index in [1.165, 1.54) is 38.2 Å². The first kappa shape index (κ1) is 16.1. The molecule has 1 aromatic rings. The van der Waals surface area contributed by atoms with E-state index in [9.17, 15) is 13.2 Å². The van der Waals surface area contributed by atoms with Crippen molar-refractivity contribution >= 4 is 0 Å².